The molecule has 0 aliphatic carbocycles. The smallest absolute Gasteiger partial charge is 0.0712 e. The van der Waals surface area contributed by atoms with Gasteiger partial charge in [0.05, 0.1) is 11.2 Å². The molecule has 1 atom stereocenters. The molecule has 1 aromatic carbocycles. The van der Waals surface area contributed by atoms with Crippen molar-refractivity contribution in [2.24, 2.45) is 5.73 Å². The Morgan fingerprint density at radius 3 is 2.53 bits per heavy atom. The van der Waals surface area contributed by atoms with Crippen LogP contribution in [0.1, 0.15) is 18.5 Å². The van der Waals surface area contributed by atoms with Gasteiger partial charge in [-0.2, -0.15) is 0 Å². The highest BCUT2D eigenvalue weighted by molar-refractivity contribution is 5.95. The highest BCUT2D eigenvalue weighted by Gasteiger charge is 2.14. The molecule has 0 spiro atoms. The van der Waals surface area contributed by atoms with E-state index in [9.17, 15) is 0 Å². The van der Waals surface area contributed by atoms with Crippen molar-refractivity contribution < 1.29 is 0 Å². The normalized spacial score (nSPS) is 12.5. The number of para-hydroxylation sites is 1. The van der Waals surface area contributed by atoms with Gasteiger partial charge in [0.25, 0.3) is 0 Å². The zero-order chi connectivity index (χ0) is 13.2. The molecule has 0 amide bonds. The van der Waals surface area contributed by atoms with Crippen molar-refractivity contribution in [3.63, 3.8) is 0 Å². The Labute approximate surface area is 112 Å². The van der Waals surface area contributed by atoms with Gasteiger partial charge in [-0.25, -0.2) is 0 Å². The molecule has 94 valence electrons. The van der Waals surface area contributed by atoms with E-state index in [0.29, 0.717) is 0 Å². The quantitative estimate of drug-likeness (QED) is 0.758. The first kappa shape index (κ1) is 11.8. The van der Waals surface area contributed by atoms with Crippen LogP contribution in [0.3, 0.4) is 0 Å². The predicted molar refractivity (Wildman–Crippen MR) is 77.6 cm³/mol. The molecule has 3 heteroatoms. The minimum absolute atomic E-state index is 0.0749. The lowest BCUT2D eigenvalue weighted by Crippen LogP contribution is -2.08. The monoisotopic (exact) mass is 249 g/mol. The molecule has 3 nitrogen and oxygen atoms in total. The van der Waals surface area contributed by atoms with Crippen LogP contribution in [0, 0.1) is 0 Å². The number of benzene rings is 1. The van der Waals surface area contributed by atoms with Crippen molar-refractivity contribution in [1.82, 2.24) is 9.97 Å². The first-order chi connectivity index (χ1) is 9.27. The number of rotatable bonds is 2. The highest BCUT2D eigenvalue weighted by Crippen LogP contribution is 2.32. The minimum Gasteiger partial charge on any atom is -0.324 e. The van der Waals surface area contributed by atoms with Gasteiger partial charge in [-0.1, -0.05) is 24.3 Å². The lowest BCUT2D eigenvalue weighted by Gasteiger charge is -2.14. The Morgan fingerprint density at radius 2 is 1.79 bits per heavy atom. The third kappa shape index (κ3) is 2.09. The number of nitrogens with zero attached hydrogens (tertiary/aromatic N) is 2. The van der Waals surface area contributed by atoms with Gasteiger partial charge in [0.1, 0.15) is 0 Å². The third-order valence-electron chi connectivity index (χ3n) is 3.22. The average molecular weight is 249 g/mol. The number of nitrogens with two attached hydrogens (primary N) is 1. The number of pyridine rings is 2. The molecule has 2 aromatic heterocycles. The van der Waals surface area contributed by atoms with Gasteiger partial charge in [-0.05, 0) is 30.7 Å². The Balaban J connectivity index is 2.39. The van der Waals surface area contributed by atoms with Gasteiger partial charge < -0.3 is 5.73 Å². The molecule has 0 bridgehead atoms. The van der Waals surface area contributed by atoms with Crippen LogP contribution in [-0.4, -0.2) is 9.97 Å². The molecular weight excluding hydrogens is 234 g/mol. The maximum atomic E-state index is 6.08. The van der Waals surface area contributed by atoms with E-state index >= 15 is 0 Å². The summed E-state index contributed by atoms with van der Waals surface area (Å²) in [7, 11) is 0. The molecule has 2 N–H and O–H groups in total. The van der Waals surface area contributed by atoms with Crippen LogP contribution in [0.15, 0.2) is 54.9 Å². The van der Waals surface area contributed by atoms with E-state index in [2.05, 4.69) is 16.0 Å². The Bertz CT molecular complexity index is 706. The van der Waals surface area contributed by atoms with Crippen LogP contribution in [0.4, 0.5) is 0 Å². The first-order valence-electron chi connectivity index (χ1n) is 6.32. The summed E-state index contributed by atoms with van der Waals surface area (Å²) in [5.74, 6) is 0. The lowest BCUT2D eigenvalue weighted by atomic mass is 9.96. The molecule has 2 heterocycles. The van der Waals surface area contributed by atoms with Gasteiger partial charge >= 0.3 is 0 Å². The van der Waals surface area contributed by atoms with E-state index in [1.807, 2.05) is 49.5 Å². The van der Waals surface area contributed by atoms with Gasteiger partial charge in [-0.15, -0.1) is 0 Å². The summed E-state index contributed by atoms with van der Waals surface area (Å²) in [6, 6.07) is 13.9. The van der Waals surface area contributed by atoms with E-state index in [1.54, 1.807) is 6.20 Å². The van der Waals surface area contributed by atoms with Crippen molar-refractivity contribution in [2.75, 3.05) is 0 Å². The molecule has 0 aliphatic rings. The topological polar surface area (TPSA) is 51.8 Å². The zero-order valence-corrected chi connectivity index (χ0v) is 10.7. The molecule has 0 radical (unpaired) electrons. The van der Waals surface area contributed by atoms with Crippen LogP contribution < -0.4 is 5.73 Å². The molecule has 0 saturated heterocycles. The summed E-state index contributed by atoms with van der Waals surface area (Å²) in [5, 5.41) is 1.09. The minimum atomic E-state index is -0.0749. The molecule has 0 fully saturated rings. The second kappa shape index (κ2) is 4.78. The molecular formula is C16H15N3. The fraction of sp³-hybridized carbons (Fsp3) is 0.125. The number of fused-ring (bicyclic) bond motifs is 1. The number of aromatic nitrogens is 2. The van der Waals surface area contributed by atoms with Crippen LogP contribution in [0.25, 0.3) is 22.2 Å². The fourth-order valence-electron chi connectivity index (χ4n) is 2.30. The first-order valence-corrected chi connectivity index (χ1v) is 6.32. The predicted octanol–water partition coefficient (Wildman–Crippen LogP) is 3.32. The second-order valence-corrected chi connectivity index (χ2v) is 4.61. The van der Waals surface area contributed by atoms with Gasteiger partial charge in [0.2, 0.25) is 0 Å². The number of hydrogen-bond acceptors (Lipinski definition) is 3. The highest BCUT2D eigenvalue weighted by atomic mass is 14.7. The van der Waals surface area contributed by atoms with E-state index < -0.39 is 0 Å². The summed E-state index contributed by atoms with van der Waals surface area (Å²) in [5.41, 5.74) is 10.1. The SMILES string of the molecule is C[C@H](N)c1cnc2ccccc2c1-c1ccccn1. The van der Waals surface area contributed by atoms with E-state index in [0.717, 1.165) is 27.7 Å². The molecule has 0 saturated carbocycles. The van der Waals surface area contributed by atoms with E-state index in [1.165, 1.54) is 0 Å². The standard InChI is InChI=1S/C16H15N3/c1-11(17)13-10-19-14-7-3-2-6-12(14)16(13)15-8-4-5-9-18-15/h2-11H,17H2,1H3/t11-/m0/s1. The van der Waals surface area contributed by atoms with Gasteiger partial charge in [0, 0.05) is 29.4 Å². The van der Waals surface area contributed by atoms with Crippen molar-refractivity contribution >= 4 is 10.9 Å². The molecule has 0 aliphatic heterocycles. The third-order valence-corrected chi connectivity index (χ3v) is 3.22. The van der Waals surface area contributed by atoms with Crippen molar-refractivity contribution in [2.45, 2.75) is 13.0 Å². The fourth-order valence-corrected chi connectivity index (χ4v) is 2.30. The van der Waals surface area contributed by atoms with Gasteiger partial charge in [-0.3, -0.25) is 9.97 Å². The summed E-state index contributed by atoms with van der Waals surface area (Å²) < 4.78 is 0. The van der Waals surface area contributed by atoms with Crippen molar-refractivity contribution in [3.05, 3.63) is 60.4 Å². The summed E-state index contributed by atoms with van der Waals surface area (Å²) in [6.07, 6.45) is 3.66. The summed E-state index contributed by atoms with van der Waals surface area (Å²) in [6.45, 7) is 1.97. The van der Waals surface area contributed by atoms with E-state index in [4.69, 9.17) is 5.73 Å². The Morgan fingerprint density at radius 1 is 1.00 bits per heavy atom. The molecule has 19 heavy (non-hydrogen) atoms. The summed E-state index contributed by atoms with van der Waals surface area (Å²) >= 11 is 0. The maximum Gasteiger partial charge on any atom is 0.0712 e. The van der Waals surface area contributed by atoms with Crippen LogP contribution in [0.5, 0.6) is 0 Å². The average Bonchev–Trinajstić information content (AvgIpc) is 2.46. The van der Waals surface area contributed by atoms with Crippen molar-refractivity contribution in [1.29, 1.82) is 0 Å². The maximum absolute atomic E-state index is 6.08. The number of hydrogen-bond donors (Lipinski definition) is 1. The largest absolute Gasteiger partial charge is 0.324 e. The van der Waals surface area contributed by atoms with Crippen LogP contribution in [0.2, 0.25) is 0 Å². The van der Waals surface area contributed by atoms with Crippen LogP contribution >= 0.6 is 0 Å². The molecule has 3 aromatic rings. The van der Waals surface area contributed by atoms with Crippen molar-refractivity contribution in [3.8, 4) is 11.3 Å². The molecule has 0 unspecified atom stereocenters. The van der Waals surface area contributed by atoms with E-state index in [-0.39, 0.29) is 6.04 Å². The zero-order valence-electron chi connectivity index (χ0n) is 10.7. The van der Waals surface area contributed by atoms with Gasteiger partial charge in [0.15, 0.2) is 0 Å². The summed E-state index contributed by atoms with van der Waals surface area (Å²) in [4.78, 5) is 8.94. The molecule has 3 rings (SSSR count). The Hall–Kier alpha value is -2.26. The van der Waals surface area contributed by atoms with Crippen LogP contribution in [-0.2, 0) is 0 Å². The second-order valence-electron chi connectivity index (χ2n) is 4.61. The lowest BCUT2D eigenvalue weighted by molar-refractivity contribution is 0.816. The Kier molecular flexibility index (Phi) is 2.97.